The summed E-state index contributed by atoms with van der Waals surface area (Å²) in [6.45, 7) is 1.86. The van der Waals surface area contributed by atoms with E-state index >= 15 is 0 Å². The van der Waals surface area contributed by atoms with Crippen molar-refractivity contribution in [3.05, 3.63) is 69.3 Å². The van der Waals surface area contributed by atoms with Crippen LogP contribution in [0.4, 0.5) is 5.69 Å². The van der Waals surface area contributed by atoms with E-state index in [-0.39, 0.29) is 29.4 Å². The minimum atomic E-state index is -1.00. The molecule has 2 saturated carbocycles. The summed E-state index contributed by atoms with van der Waals surface area (Å²) in [6.07, 6.45) is 7.47. The van der Waals surface area contributed by atoms with Gasteiger partial charge in [-0.3, -0.25) is 19.8 Å². The van der Waals surface area contributed by atoms with Crippen molar-refractivity contribution < 1.29 is 24.7 Å². The summed E-state index contributed by atoms with van der Waals surface area (Å²) in [5.41, 5.74) is 0.872. The van der Waals surface area contributed by atoms with Crippen LogP contribution in [0.3, 0.4) is 0 Å². The summed E-state index contributed by atoms with van der Waals surface area (Å²) < 4.78 is 6.48. The average Bonchev–Trinajstić information content (AvgIpc) is 3.64. The standard InChI is InChI=1S/C29H31N3O6/c33-22-8-7-19-15-23-29(35)11-10-21(30-24(34)9-6-17-2-1-3-20(14-17)32(36)37)27-28(29,25(19)26(22)38-27)12-13-31(23)16-18-4-5-18/h1-3,6-9,14,18,21,23,27,33,35H,4-5,10-13,15-16H2,(H,30,34)/b9-6+/t21-,23?,27+,28?,29-/m1/s1. The number of carbonyl (C=O) groups excluding carboxylic acids is 1. The number of likely N-dealkylation sites (tertiary alicyclic amines) is 1. The number of aromatic hydroxyl groups is 1. The third kappa shape index (κ3) is 3.34. The van der Waals surface area contributed by atoms with E-state index in [1.54, 1.807) is 24.3 Å². The number of phenols is 1. The normalized spacial score (nSPS) is 33.0. The van der Waals surface area contributed by atoms with Gasteiger partial charge in [-0.25, -0.2) is 0 Å². The number of nitro groups is 1. The maximum Gasteiger partial charge on any atom is 0.270 e. The van der Waals surface area contributed by atoms with Gasteiger partial charge < -0.3 is 20.3 Å². The summed E-state index contributed by atoms with van der Waals surface area (Å²) in [7, 11) is 0. The number of benzene rings is 2. The van der Waals surface area contributed by atoms with Crippen LogP contribution in [0, 0.1) is 16.0 Å². The van der Waals surface area contributed by atoms with Crippen LogP contribution < -0.4 is 10.1 Å². The van der Waals surface area contributed by atoms with E-state index in [9.17, 15) is 25.1 Å². The highest BCUT2D eigenvalue weighted by Gasteiger charge is 2.73. The quantitative estimate of drug-likeness (QED) is 0.306. The predicted molar refractivity (Wildman–Crippen MR) is 139 cm³/mol. The van der Waals surface area contributed by atoms with Gasteiger partial charge in [0.05, 0.1) is 22.0 Å². The molecule has 2 aromatic rings. The van der Waals surface area contributed by atoms with Gasteiger partial charge in [-0.2, -0.15) is 0 Å². The van der Waals surface area contributed by atoms with Crippen molar-refractivity contribution in [2.75, 3.05) is 13.1 Å². The van der Waals surface area contributed by atoms with Gasteiger partial charge >= 0.3 is 0 Å². The Balaban J connectivity index is 1.19. The Hall–Kier alpha value is -3.43. The van der Waals surface area contributed by atoms with Gasteiger partial charge in [-0.15, -0.1) is 0 Å². The van der Waals surface area contributed by atoms with Crippen LogP contribution in [-0.4, -0.2) is 62.8 Å². The Kier molecular flexibility index (Phi) is 5.16. The molecule has 2 aromatic carbocycles. The molecule has 2 aliphatic heterocycles. The molecule has 38 heavy (non-hydrogen) atoms. The van der Waals surface area contributed by atoms with Gasteiger partial charge in [0.15, 0.2) is 11.5 Å². The van der Waals surface area contributed by atoms with E-state index in [1.165, 1.54) is 31.1 Å². The van der Waals surface area contributed by atoms with Crippen molar-refractivity contribution >= 4 is 17.7 Å². The van der Waals surface area contributed by atoms with Gasteiger partial charge in [0.2, 0.25) is 5.91 Å². The van der Waals surface area contributed by atoms with Crippen LogP contribution in [-0.2, 0) is 16.6 Å². The zero-order valence-corrected chi connectivity index (χ0v) is 21.0. The highest BCUT2D eigenvalue weighted by atomic mass is 16.6. The first-order valence-corrected chi connectivity index (χ1v) is 13.5. The lowest BCUT2D eigenvalue weighted by atomic mass is 9.48. The van der Waals surface area contributed by atoms with Crippen molar-refractivity contribution in [1.29, 1.82) is 0 Å². The molecule has 2 unspecified atom stereocenters. The van der Waals surface area contributed by atoms with Crippen LogP contribution in [0.5, 0.6) is 11.5 Å². The fourth-order valence-corrected chi connectivity index (χ4v) is 7.77. The van der Waals surface area contributed by atoms with Crippen molar-refractivity contribution in [1.82, 2.24) is 10.2 Å². The lowest BCUT2D eigenvalue weighted by Gasteiger charge is -2.64. The Morgan fingerprint density at radius 2 is 2.08 bits per heavy atom. The molecule has 0 aromatic heterocycles. The number of phenolic OH excluding ortho intramolecular Hbond substituents is 1. The Morgan fingerprint density at radius 3 is 2.87 bits per heavy atom. The molecule has 7 rings (SSSR count). The van der Waals surface area contributed by atoms with Gasteiger partial charge in [-0.05, 0) is 74.3 Å². The lowest BCUT2D eigenvalue weighted by molar-refractivity contribution is -0.384. The second-order valence-electron chi connectivity index (χ2n) is 11.6. The number of piperidine rings is 1. The van der Waals surface area contributed by atoms with Crippen molar-refractivity contribution in [2.24, 2.45) is 5.92 Å². The number of rotatable bonds is 6. The molecule has 2 bridgehead atoms. The molecule has 5 aliphatic rings. The van der Waals surface area contributed by atoms with Crippen LogP contribution in [0.25, 0.3) is 6.08 Å². The van der Waals surface area contributed by atoms with Crippen LogP contribution >= 0.6 is 0 Å². The zero-order chi connectivity index (χ0) is 26.2. The number of hydrogen-bond acceptors (Lipinski definition) is 7. The van der Waals surface area contributed by atoms with Crippen molar-refractivity contribution in [2.45, 2.75) is 67.7 Å². The number of ether oxygens (including phenoxy) is 1. The molecular formula is C29H31N3O6. The fourth-order valence-electron chi connectivity index (χ4n) is 7.77. The first-order chi connectivity index (χ1) is 18.3. The third-order valence-electron chi connectivity index (χ3n) is 9.60. The topological polar surface area (TPSA) is 125 Å². The molecule has 3 aliphatic carbocycles. The number of non-ortho nitro benzene ring substituents is 1. The van der Waals surface area contributed by atoms with Gasteiger partial charge in [-0.1, -0.05) is 18.2 Å². The molecule has 1 spiro atoms. The number of hydrogen-bond donors (Lipinski definition) is 3. The lowest BCUT2D eigenvalue weighted by Crippen LogP contribution is -2.78. The molecule has 1 amide bonds. The Morgan fingerprint density at radius 1 is 1.24 bits per heavy atom. The molecule has 1 saturated heterocycles. The van der Waals surface area contributed by atoms with Gasteiger partial charge in [0.1, 0.15) is 6.10 Å². The second kappa shape index (κ2) is 8.28. The van der Waals surface area contributed by atoms with E-state index in [1.807, 2.05) is 6.07 Å². The number of nitro benzene ring substituents is 1. The fraction of sp³-hybridized carbons (Fsp3) is 0.483. The van der Waals surface area contributed by atoms with Crippen LogP contribution in [0.1, 0.15) is 48.8 Å². The number of nitrogens with one attached hydrogen (secondary N) is 1. The van der Waals surface area contributed by atoms with E-state index in [4.69, 9.17) is 4.74 Å². The van der Waals surface area contributed by atoms with Gasteiger partial charge in [0, 0.05) is 36.4 Å². The molecule has 3 N–H and O–H groups in total. The summed E-state index contributed by atoms with van der Waals surface area (Å²) in [4.78, 5) is 26.1. The van der Waals surface area contributed by atoms with Crippen molar-refractivity contribution in [3.8, 4) is 11.5 Å². The first kappa shape index (κ1) is 23.7. The van der Waals surface area contributed by atoms with Crippen LogP contribution in [0.2, 0.25) is 0 Å². The monoisotopic (exact) mass is 517 g/mol. The molecule has 3 fully saturated rings. The molecular weight excluding hydrogens is 486 g/mol. The smallest absolute Gasteiger partial charge is 0.270 e. The van der Waals surface area contributed by atoms with E-state index in [0.717, 1.165) is 30.6 Å². The largest absolute Gasteiger partial charge is 0.504 e. The minimum Gasteiger partial charge on any atom is -0.504 e. The third-order valence-corrected chi connectivity index (χ3v) is 9.60. The summed E-state index contributed by atoms with van der Waals surface area (Å²) in [5.74, 6) is 0.914. The SMILES string of the molecule is O=C(/C=C/c1cccc([N+](=O)[O-])c1)N[C@@H]1CC[C@@]2(O)C3Cc4ccc(O)c5c4C2(CCN3CC2CC2)[C@H]1O5. The highest BCUT2D eigenvalue weighted by Crippen LogP contribution is 2.65. The zero-order valence-electron chi connectivity index (χ0n) is 21.0. The molecule has 0 radical (unpaired) electrons. The van der Waals surface area contributed by atoms with Crippen LogP contribution in [0.15, 0.2) is 42.5 Å². The molecule has 9 nitrogen and oxygen atoms in total. The van der Waals surface area contributed by atoms with E-state index in [2.05, 4.69) is 10.2 Å². The number of nitrogens with zero attached hydrogens (tertiary/aromatic N) is 2. The first-order valence-electron chi connectivity index (χ1n) is 13.5. The second-order valence-corrected chi connectivity index (χ2v) is 11.6. The highest BCUT2D eigenvalue weighted by molar-refractivity contribution is 5.92. The maximum absolute atomic E-state index is 13.0. The Labute approximate surface area is 220 Å². The van der Waals surface area contributed by atoms with Gasteiger partial charge in [0.25, 0.3) is 5.69 Å². The number of amides is 1. The average molecular weight is 518 g/mol. The van der Waals surface area contributed by atoms with E-state index < -0.39 is 22.0 Å². The molecule has 198 valence electrons. The van der Waals surface area contributed by atoms with E-state index in [0.29, 0.717) is 36.5 Å². The molecule has 5 atom stereocenters. The number of aliphatic hydroxyl groups is 1. The maximum atomic E-state index is 13.0. The molecule has 2 heterocycles. The summed E-state index contributed by atoms with van der Waals surface area (Å²) >= 11 is 0. The number of carbonyl (C=O) groups is 1. The molecule has 9 heteroatoms. The summed E-state index contributed by atoms with van der Waals surface area (Å²) in [5, 5.41) is 37.4. The predicted octanol–water partition coefficient (Wildman–Crippen LogP) is 3.06. The summed E-state index contributed by atoms with van der Waals surface area (Å²) in [6, 6.07) is 9.40. The minimum absolute atomic E-state index is 0.0173. The Bertz CT molecular complexity index is 1370. The van der Waals surface area contributed by atoms with Crippen molar-refractivity contribution in [3.63, 3.8) is 0 Å².